The van der Waals surface area contributed by atoms with E-state index in [1.165, 1.54) is 0 Å². The Labute approximate surface area is 162 Å². The number of H-pyrrole nitrogens is 1. The Bertz CT molecular complexity index is 1010. The Morgan fingerprint density at radius 3 is 2.57 bits per heavy atom. The lowest BCUT2D eigenvalue weighted by Gasteiger charge is -2.36. The van der Waals surface area contributed by atoms with Crippen LogP contribution in [-0.2, 0) is 11.2 Å². The minimum atomic E-state index is -0.445. The Hall–Kier alpha value is -3.22. The average molecular weight is 381 g/mol. The molecule has 146 valence electrons. The van der Waals surface area contributed by atoms with Crippen molar-refractivity contribution in [3.8, 4) is 5.75 Å². The van der Waals surface area contributed by atoms with Gasteiger partial charge in [-0.2, -0.15) is 0 Å². The maximum Gasteiger partial charge on any atom is 0.417 e. The smallest absolute Gasteiger partial charge is 0.417 e. The number of aromatic nitrogens is 1. The second-order valence-corrected chi connectivity index (χ2v) is 6.91. The summed E-state index contributed by atoms with van der Waals surface area (Å²) in [5.41, 5.74) is 3.41. The van der Waals surface area contributed by atoms with Gasteiger partial charge in [0.05, 0.1) is 12.6 Å². The van der Waals surface area contributed by atoms with Crippen LogP contribution >= 0.6 is 0 Å². The van der Waals surface area contributed by atoms with Crippen LogP contribution in [0.5, 0.6) is 5.75 Å². The van der Waals surface area contributed by atoms with Gasteiger partial charge in [-0.3, -0.25) is 9.78 Å². The third-order valence-corrected chi connectivity index (χ3v) is 5.19. The summed E-state index contributed by atoms with van der Waals surface area (Å²) in [6.07, 6.45) is 1.24. The third kappa shape index (κ3) is 3.88. The number of piperazine rings is 1. The van der Waals surface area contributed by atoms with Gasteiger partial charge in [0.1, 0.15) is 5.75 Å². The lowest BCUT2D eigenvalue weighted by Crippen LogP contribution is -2.48. The number of benzene rings is 2. The molecule has 0 atom stereocenters. The van der Waals surface area contributed by atoms with E-state index in [1.807, 2.05) is 41.3 Å². The van der Waals surface area contributed by atoms with E-state index in [2.05, 4.69) is 9.88 Å². The number of rotatable bonds is 5. The van der Waals surface area contributed by atoms with Gasteiger partial charge in [-0.1, -0.05) is 12.1 Å². The fraction of sp³-hybridized carbons (Fsp3) is 0.333. The van der Waals surface area contributed by atoms with Crippen molar-refractivity contribution in [1.82, 2.24) is 9.88 Å². The molecule has 3 aromatic rings. The molecule has 0 aliphatic carbocycles. The molecule has 7 nitrogen and oxygen atoms in total. The van der Waals surface area contributed by atoms with E-state index in [-0.39, 0.29) is 5.91 Å². The van der Waals surface area contributed by atoms with E-state index in [0.29, 0.717) is 30.6 Å². The van der Waals surface area contributed by atoms with Crippen molar-refractivity contribution in [2.24, 2.45) is 0 Å². The minimum Gasteiger partial charge on any atom is -0.497 e. The molecule has 1 amide bonds. The highest BCUT2D eigenvalue weighted by atomic mass is 16.5. The predicted molar refractivity (Wildman–Crippen MR) is 107 cm³/mol. The molecule has 1 aromatic heterocycles. The number of methoxy groups -OCH3 is 1. The summed E-state index contributed by atoms with van der Waals surface area (Å²) in [5, 5.41) is 0. The van der Waals surface area contributed by atoms with Crippen LogP contribution in [0.2, 0.25) is 0 Å². The second-order valence-electron chi connectivity index (χ2n) is 6.91. The monoisotopic (exact) mass is 381 g/mol. The van der Waals surface area contributed by atoms with Crippen molar-refractivity contribution in [3.05, 3.63) is 58.6 Å². The van der Waals surface area contributed by atoms with Gasteiger partial charge in [0.15, 0.2) is 5.58 Å². The molecule has 4 rings (SSSR count). The number of aromatic amines is 1. The lowest BCUT2D eigenvalue weighted by molar-refractivity contribution is -0.131. The standard InChI is InChI=1S/C21H23N3O4/c1-27-17-6-2-15(3-7-17)4-9-20(25)24-12-10-23(11-13-24)16-5-8-19-18(14-16)22-21(26)28-19/h2-3,5-8,14H,4,9-13H2,1H3,(H,22,26). The molecule has 28 heavy (non-hydrogen) atoms. The molecule has 0 bridgehead atoms. The Kier molecular flexibility index (Phi) is 5.06. The summed E-state index contributed by atoms with van der Waals surface area (Å²) >= 11 is 0. The zero-order valence-electron chi connectivity index (χ0n) is 15.8. The first-order valence-electron chi connectivity index (χ1n) is 9.41. The largest absolute Gasteiger partial charge is 0.497 e. The van der Waals surface area contributed by atoms with Crippen LogP contribution < -0.4 is 15.4 Å². The lowest BCUT2D eigenvalue weighted by atomic mass is 10.1. The van der Waals surface area contributed by atoms with Crippen molar-refractivity contribution in [3.63, 3.8) is 0 Å². The van der Waals surface area contributed by atoms with Crippen LogP contribution in [0.4, 0.5) is 5.69 Å². The number of hydrogen-bond donors (Lipinski definition) is 1. The van der Waals surface area contributed by atoms with E-state index >= 15 is 0 Å². The summed E-state index contributed by atoms with van der Waals surface area (Å²) in [6.45, 7) is 2.92. The number of oxazole rings is 1. The van der Waals surface area contributed by atoms with Crippen LogP contribution in [-0.4, -0.2) is 49.1 Å². The van der Waals surface area contributed by atoms with Crippen molar-refractivity contribution >= 4 is 22.7 Å². The average Bonchev–Trinajstić information content (AvgIpc) is 3.11. The molecule has 2 aromatic carbocycles. The molecule has 1 N–H and O–H groups in total. The number of fused-ring (bicyclic) bond motifs is 1. The van der Waals surface area contributed by atoms with Crippen LogP contribution in [0.25, 0.3) is 11.1 Å². The number of amides is 1. The highest BCUT2D eigenvalue weighted by Crippen LogP contribution is 2.22. The van der Waals surface area contributed by atoms with E-state index in [0.717, 1.165) is 36.5 Å². The highest BCUT2D eigenvalue weighted by Gasteiger charge is 2.21. The minimum absolute atomic E-state index is 0.185. The number of carbonyl (C=O) groups excluding carboxylic acids is 1. The fourth-order valence-corrected chi connectivity index (χ4v) is 3.55. The van der Waals surface area contributed by atoms with E-state index in [9.17, 15) is 9.59 Å². The fourth-order valence-electron chi connectivity index (χ4n) is 3.55. The van der Waals surface area contributed by atoms with Gasteiger partial charge in [-0.15, -0.1) is 0 Å². The van der Waals surface area contributed by atoms with Crippen LogP contribution in [0, 0.1) is 0 Å². The summed E-state index contributed by atoms with van der Waals surface area (Å²) in [5.74, 6) is 0.563. The molecule has 2 heterocycles. The number of nitrogens with zero attached hydrogens (tertiary/aromatic N) is 2. The molecule has 1 saturated heterocycles. The number of anilines is 1. The molecule has 1 aliphatic rings. The molecule has 1 fully saturated rings. The van der Waals surface area contributed by atoms with Gasteiger partial charge in [-0.25, -0.2) is 4.79 Å². The van der Waals surface area contributed by atoms with Gasteiger partial charge in [-0.05, 0) is 42.3 Å². The van der Waals surface area contributed by atoms with E-state index in [4.69, 9.17) is 9.15 Å². The zero-order valence-corrected chi connectivity index (χ0v) is 15.8. The molecule has 0 radical (unpaired) electrons. The maximum absolute atomic E-state index is 12.5. The van der Waals surface area contributed by atoms with Gasteiger partial charge in [0.2, 0.25) is 5.91 Å². The highest BCUT2D eigenvalue weighted by molar-refractivity contribution is 5.78. The Balaban J connectivity index is 1.31. The number of ether oxygens (including phenoxy) is 1. The van der Waals surface area contributed by atoms with Crippen LogP contribution in [0.3, 0.4) is 0 Å². The summed E-state index contributed by atoms with van der Waals surface area (Å²) in [6, 6.07) is 13.5. The van der Waals surface area contributed by atoms with Gasteiger partial charge in [0.25, 0.3) is 0 Å². The number of hydrogen-bond acceptors (Lipinski definition) is 5. The number of carbonyl (C=O) groups is 1. The maximum atomic E-state index is 12.5. The molecule has 1 aliphatic heterocycles. The first-order valence-corrected chi connectivity index (χ1v) is 9.41. The molecule has 0 spiro atoms. The van der Waals surface area contributed by atoms with Crippen molar-refractivity contribution in [1.29, 1.82) is 0 Å². The quantitative estimate of drug-likeness (QED) is 0.734. The first-order chi connectivity index (χ1) is 13.6. The molecule has 0 unspecified atom stereocenters. The van der Waals surface area contributed by atoms with Crippen molar-refractivity contribution < 1.29 is 13.9 Å². The Morgan fingerprint density at radius 1 is 1.11 bits per heavy atom. The van der Waals surface area contributed by atoms with Crippen molar-refractivity contribution in [2.45, 2.75) is 12.8 Å². The summed E-state index contributed by atoms with van der Waals surface area (Å²) < 4.78 is 10.2. The van der Waals surface area contributed by atoms with E-state index < -0.39 is 5.76 Å². The molecule has 0 saturated carbocycles. The molecular formula is C21H23N3O4. The first kappa shape index (κ1) is 18.2. The normalized spacial score (nSPS) is 14.5. The number of nitrogens with one attached hydrogen (secondary N) is 1. The van der Waals surface area contributed by atoms with Crippen molar-refractivity contribution in [2.75, 3.05) is 38.2 Å². The zero-order chi connectivity index (χ0) is 19.5. The van der Waals surface area contributed by atoms with Crippen LogP contribution in [0.15, 0.2) is 51.7 Å². The number of aryl methyl sites for hydroxylation is 1. The van der Waals surface area contributed by atoms with Gasteiger partial charge in [0, 0.05) is 38.3 Å². The van der Waals surface area contributed by atoms with Gasteiger partial charge >= 0.3 is 5.76 Å². The third-order valence-electron chi connectivity index (χ3n) is 5.19. The topological polar surface area (TPSA) is 78.8 Å². The SMILES string of the molecule is COc1ccc(CCC(=O)N2CCN(c3ccc4oc(=O)[nH]c4c3)CC2)cc1. The summed E-state index contributed by atoms with van der Waals surface area (Å²) in [7, 11) is 1.64. The van der Waals surface area contributed by atoms with Gasteiger partial charge < -0.3 is 19.0 Å². The molecule has 7 heteroatoms. The molecular weight excluding hydrogens is 358 g/mol. The van der Waals surface area contributed by atoms with Crippen LogP contribution in [0.1, 0.15) is 12.0 Å². The predicted octanol–water partition coefficient (Wildman–Crippen LogP) is 2.41. The summed E-state index contributed by atoms with van der Waals surface area (Å²) in [4.78, 5) is 30.7. The second kappa shape index (κ2) is 7.80. The Morgan fingerprint density at radius 2 is 1.86 bits per heavy atom. The van der Waals surface area contributed by atoms with E-state index in [1.54, 1.807) is 13.2 Å².